The molecule has 0 unspecified atom stereocenters. The molecule has 0 atom stereocenters. The summed E-state index contributed by atoms with van der Waals surface area (Å²) in [5.41, 5.74) is 5.10. The number of nitrogens with zero attached hydrogens (tertiary/aromatic N) is 5. The van der Waals surface area contributed by atoms with Crippen LogP contribution in [0.5, 0.6) is 0 Å². The van der Waals surface area contributed by atoms with E-state index in [4.69, 9.17) is 11.6 Å². The van der Waals surface area contributed by atoms with Crippen molar-refractivity contribution >= 4 is 29.1 Å². The van der Waals surface area contributed by atoms with Crippen LogP contribution in [0.4, 0.5) is 18.9 Å². The van der Waals surface area contributed by atoms with Gasteiger partial charge < -0.3 is 21.3 Å². The maximum atomic E-state index is 13.3. The minimum atomic E-state index is -4.82. The van der Waals surface area contributed by atoms with Crippen molar-refractivity contribution in [1.82, 2.24) is 25.2 Å². The third-order valence-corrected chi connectivity index (χ3v) is 4.49. The summed E-state index contributed by atoms with van der Waals surface area (Å²) < 4.78 is 40.7. The Kier molecular flexibility index (Phi) is 9.32. The standard InChI is InChI=1S/C20H19ClF3N7O2.Y/c1-11-6-7-12(18(32)27-29-30(2)3)14(9-11)26-19(33)15-10-16(20(22,23)24)28-31(15)17-13(21)5-4-8-25-17;/h4-10H,1-3H3,(H3,26,27,28,29,32,33);/p-1. The topological polar surface area (TPSA) is 106 Å². The Balaban J connectivity index is 0.00000408. The van der Waals surface area contributed by atoms with Crippen LogP contribution in [-0.2, 0) is 38.9 Å². The minimum absolute atomic E-state index is 0. The fourth-order valence-corrected chi connectivity index (χ4v) is 2.93. The molecular formula is C20H18ClF3N7O2Y-. The van der Waals surface area contributed by atoms with Crippen molar-refractivity contribution in [3.8, 4) is 5.82 Å². The van der Waals surface area contributed by atoms with Crippen LogP contribution >= 0.6 is 11.6 Å². The van der Waals surface area contributed by atoms with Crippen LogP contribution in [0.1, 0.15) is 32.1 Å². The van der Waals surface area contributed by atoms with Gasteiger partial charge in [0.05, 0.1) is 16.3 Å². The third-order valence-electron chi connectivity index (χ3n) is 4.19. The Morgan fingerprint density at radius 3 is 2.47 bits per heavy atom. The maximum Gasteiger partial charge on any atom is 0.435 e. The molecule has 0 aliphatic carbocycles. The number of amides is 2. The zero-order chi connectivity index (χ0) is 24.3. The smallest absolute Gasteiger partial charge is 0.435 e. The average molecular weight is 570 g/mol. The molecule has 2 amide bonds. The van der Waals surface area contributed by atoms with Gasteiger partial charge in [0.2, 0.25) is 5.91 Å². The molecule has 0 saturated heterocycles. The molecule has 177 valence electrons. The monoisotopic (exact) mass is 569 g/mol. The number of carbonyl (C=O) groups is 2. The summed E-state index contributed by atoms with van der Waals surface area (Å²) in [6, 6.07) is 8.06. The normalized spacial score (nSPS) is 11.2. The van der Waals surface area contributed by atoms with Crippen LogP contribution in [0.3, 0.4) is 0 Å². The molecule has 3 rings (SSSR count). The van der Waals surface area contributed by atoms with E-state index in [9.17, 15) is 22.8 Å². The maximum absolute atomic E-state index is 13.3. The van der Waals surface area contributed by atoms with Gasteiger partial charge >= 0.3 is 6.18 Å². The number of hydrogen-bond donors (Lipinski definition) is 2. The predicted octanol–water partition coefficient (Wildman–Crippen LogP) is 3.99. The second-order valence-corrected chi connectivity index (χ2v) is 7.43. The van der Waals surface area contributed by atoms with Gasteiger partial charge in [-0.1, -0.05) is 17.7 Å². The molecule has 1 aromatic carbocycles. The molecule has 2 aromatic heterocycles. The van der Waals surface area contributed by atoms with Gasteiger partial charge in [-0.3, -0.25) is 9.59 Å². The molecule has 0 saturated carbocycles. The fraction of sp³-hybridized carbons (Fsp3) is 0.200. The van der Waals surface area contributed by atoms with Gasteiger partial charge in [0.15, 0.2) is 11.5 Å². The first-order valence-electron chi connectivity index (χ1n) is 9.36. The van der Waals surface area contributed by atoms with E-state index >= 15 is 0 Å². The first-order chi connectivity index (χ1) is 15.5. The number of halogens is 4. The number of benzene rings is 1. The Bertz CT molecular complexity index is 1200. The van der Waals surface area contributed by atoms with E-state index in [0.717, 1.165) is 0 Å². The van der Waals surface area contributed by atoms with E-state index in [2.05, 4.69) is 26.4 Å². The number of rotatable bonds is 6. The van der Waals surface area contributed by atoms with Crippen molar-refractivity contribution in [3.63, 3.8) is 0 Å². The Morgan fingerprint density at radius 2 is 1.85 bits per heavy atom. The SMILES string of the molecule is Cc1ccc(C(=O)N[N-]N(C)C)c(NC(=O)c2cc(C(F)(F)F)nn2-c2ncccc2Cl)c1.[Y]. The third kappa shape index (κ3) is 6.60. The molecule has 14 heteroatoms. The summed E-state index contributed by atoms with van der Waals surface area (Å²) in [4.78, 5) is 29.5. The molecular weight excluding hydrogens is 552 g/mol. The van der Waals surface area contributed by atoms with E-state index < -0.39 is 29.4 Å². The van der Waals surface area contributed by atoms with Gasteiger partial charge in [0.25, 0.3) is 5.91 Å². The number of nitrogens with one attached hydrogen (secondary N) is 2. The molecule has 2 heterocycles. The van der Waals surface area contributed by atoms with Gasteiger partial charge in [-0.05, 0) is 50.8 Å². The van der Waals surface area contributed by atoms with Gasteiger partial charge in [-0.15, -0.1) is 0 Å². The number of pyridine rings is 1. The molecule has 2 N–H and O–H groups in total. The number of anilines is 1. The number of alkyl halides is 3. The van der Waals surface area contributed by atoms with Crippen LogP contribution < -0.4 is 10.7 Å². The molecule has 3 aromatic rings. The van der Waals surface area contributed by atoms with E-state index in [-0.39, 0.29) is 54.8 Å². The van der Waals surface area contributed by atoms with Crippen molar-refractivity contribution in [2.45, 2.75) is 13.1 Å². The van der Waals surface area contributed by atoms with E-state index in [0.29, 0.717) is 16.3 Å². The Labute approximate surface area is 222 Å². The molecule has 0 fully saturated rings. The molecule has 1 radical (unpaired) electrons. The summed E-state index contributed by atoms with van der Waals surface area (Å²) in [6.07, 6.45) is -3.52. The largest absolute Gasteiger partial charge is 0.501 e. The molecule has 0 aliphatic heterocycles. The van der Waals surface area contributed by atoms with Gasteiger partial charge in [-0.2, -0.15) is 18.3 Å². The number of aromatic nitrogens is 3. The second kappa shape index (κ2) is 11.4. The van der Waals surface area contributed by atoms with E-state index in [1.165, 1.54) is 35.5 Å². The van der Waals surface area contributed by atoms with Crippen molar-refractivity contribution in [2.75, 3.05) is 19.4 Å². The first kappa shape index (κ1) is 27.9. The molecule has 0 spiro atoms. The zero-order valence-corrected chi connectivity index (χ0v) is 21.8. The second-order valence-electron chi connectivity index (χ2n) is 7.02. The molecule has 0 aliphatic rings. The van der Waals surface area contributed by atoms with E-state index in [1.54, 1.807) is 27.1 Å². The van der Waals surface area contributed by atoms with Crippen LogP contribution in [-0.4, -0.2) is 45.7 Å². The Morgan fingerprint density at radius 1 is 1.15 bits per heavy atom. The van der Waals surface area contributed by atoms with Crippen molar-refractivity contribution in [2.24, 2.45) is 0 Å². The predicted molar refractivity (Wildman–Crippen MR) is 115 cm³/mol. The van der Waals surface area contributed by atoms with Gasteiger partial charge in [0, 0.05) is 45.0 Å². The summed E-state index contributed by atoms with van der Waals surface area (Å²) in [5.74, 6) is -1.74. The molecule has 0 bridgehead atoms. The van der Waals surface area contributed by atoms with Crippen molar-refractivity contribution < 1.29 is 55.5 Å². The molecule has 9 nitrogen and oxygen atoms in total. The van der Waals surface area contributed by atoms with Crippen molar-refractivity contribution in [1.29, 1.82) is 0 Å². The number of hydrogen-bond acceptors (Lipinski definition) is 5. The number of carbonyl (C=O) groups excluding carboxylic acids is 2. The first-order valence-corrected chi connectivity index (χ1v) is 9.73. The average Bonchev–Trinajstić information content (AvgIpc) is 3.18. The Hall–Kier alpha value is -2.38. The van der Waals surface area contributed by atoms with Crippen LogP contribution in [0.2, 0.25) is 5.02 Å². The van der Waals surface area contributed by atoms with Crippen molar-refractivity contribution in [3.05, 3.63) is 75.7 Å². The summed E-state index contributed by atoms with van der Waals surface area (Å²) in [5, 5.41) is 7.31. The van der Waals surface area contributed by atoms with Gasteiger partial charge in [-0.25, -0.2) is 9.67 Å². The van der Waals surface area contributed by atoms with Crippen LogP contribution in [0.25, 0.3) is 11.4 Å². The quantitative estimate of drug-likeness (QED) is 0.437. The minimum Gasteiger partial charge on any atom is -0.501 e. The van der Waals surface area contributed by atoms with Crippen LogP contribution in [0.15, 0.2) is 42.6 Å². The van der Waals surface area contributed by atoms with E-state index in [1.807, 2.05) is 0 Å². The van der Waals surface area contributed by atoms with Crippen LogP contribution in [0, 0.1) is 6.92 Å². The zero-order valence-electron chi connectivity index (χ0n) is 18.2. The van der Waals surface area contributed by atoms with Gasteiger partial charge in [0.1, 0.15) is 5.69 Å². The molecule has 34 heavy (non-hydrogen) atoms. The summed E-state index contributed by atoms with van der Waals surface area (Å²) in [6.45, 7) is 1.72. The number of aryl methyl sites for hydroxylation is 1. The summed E-state index contributed by atoms with van der Waals surface area (Å²) in [7, 11) is 3.19. The fourth-order valence-electron chi connectivity index (χ4n) is 2.73. The summed E-state index contributed by atoms with van der Waals surface area (Å²) >= 11 is 6.06.